The highest BCUT2D eigenvalue weighted by Gasteiger charge is 2.25. The van der Waals surface area contributed by atoms with Crippen molar-refractivity contribution < 1.29 is 14.2 Å². The summed E-state index contributed by atoms with van der Waals surface area (Å²) in [5.74, 6) is 3.24. The van der Waals surface area contributed by atoms with Gasteiger partial charge in [0.25, 0.3) is 0 Å². The minimum absolute atomic E-state index is 0.608. The van der Waals surface area contributed by atoms with E-state index in [1.165, 1.54) is 5.56 Å². The van der Waals surface area contributed by atoms with Crippen LogP contribution in [0.25, 0.3) is 16.9 Å². The number of nitrogens with one attached hydrogen (secondary N) is 1. The van der Waals surface area contributed by atoms with Gasteiger partial charge in [0.15, 0.2) is 11.5 Å². The van der Waals surface area contributed by atoms with Crippen molar-refractivity contribution in [1.29, 1.82) is 0 Å². The molecule has 0 amide bonds. The Labute approximate surface area is 158 Å². The third-order valence-electron chi connectivity index (χ3n) is 4.70. The predicted octanol–water partition coefficient (Wildman–Crippen LogP) is 3.92. The van der Waals surface area contributed by atoms with Crippen LogP contribution in [0.2, 0.25) is 0 Å². The molecule has 6 heteroatoms. The van der Waals surface area contributed by atoms with Crippen molar-refractivity contribution >= 4 is 5.82 Å². The van der Waals surface area contributed by atoms with Gasteiger partial charge in [0.2, 0.25) is 0 Å². The van der Waals surface area contributed by atoms with Crippen LogP contribution in [-0.4, -0.2) is 37.2 Å². The molecular formula is C21H23N3O3. The minimum atomic E-state index is 0.608. The lowest BCUT2D eigenvalue weighted by atomic mass is 10.1. The molecule has 6 nitrogen and oxygen atoms in total. The number of nitrogens with zero attached hydrogens (tertiary/aromatic N) is 2. The average molecular weight is 365 g/mol. The lowest BCUT2D eigenvalue weighted by Gasteiger charge is -2.12. The van der Waals surface area contributed by atoms with Gasteiger partial charge in [-0.05, 0) is 43.7 Å². The number of hydrogen-bond donors (Lipinski definition) is 1. The van der Waals surface area contributed by atoms with Crippen molar-refractivity contribution in [3.05, 3.63) is 48.0 Å². The summed E-state index contributed by atoms with van der Waals surface area (Å²) in [6.07, 6.45) is 0.926. The molecule has 1 N–H and O–H groups in total. The quantitative estimate of drug-likeness (QED) is 0.717. The molecule has 0 spiro atoms. The summed E-state index contributed by atoms with van der Waals surface area (Å²) in [7, 11) is 3.28. The second-order valence-electron chi connectivity index (χ2n) is 6.23. The first kappa shape index (κ1) is 17.3. The Morgan fingerprint density at radius 3 is 2.63 bits per heavy atom. The second kappa shape index (κ2) is 7.23. The zero-order valence-electron chi connectivity index (χ0n) is 15.8. The van der Waals surface area contributed by atoms with E-state index in [9.17, 15) is 0 Å². The Balaban J connectivity index is 1.85. The van der Waals surface area contributed by atoms with E-state index in [1.54, 1.807) is 14.2 Å². The highest BCUT2D eigenvalue weighted by atomic mass is 16.5. The van der Waals surface area contributed by atoms with Gasteiger partial charge in [-0.1, -0.05) is 12.1 Å². The van der Waals surface area contributed by atoms with Crippen molar-refractivity contribution in [3.63, 3.8) is 0 Å². The maximum absolute atomic E-state index is 5.81. The smallest absolute Gasteiger partial charge is 0.161 e. The summed E-state index contributed by atoms with van der Waals surface area (Å²) in [5, 5.41) is 8.39. The predicted molar refractivity (Wildman–Crippen MR) is 105 cm³/mol. The van der Waals surface area contributed by atoms with Gasteiger partial charge in [0.1, 0.15) is 17.3 Å². The molecule has 0 unspecified atom stereocenters. The number of benzene rings is 2. The number of hydrogen-bond acceptors (Lipinski definition) is 5. The zero-order chi connectivity index (χ0) is 18.8. The van der Waals surface area contributed by atoms with Gasteiger partial charge in [0.05, 0.1) is 26.5 Å². The normalized spacial score (nSPS) is 12.4. The molecule has 0 radical (unpaired) electrons. The number of aromatic nitrogens is 2. The van der Waals surface area contributed by atoms with Gasteiger partial charge >= 0.3 is 0 Å². The highest BCUT2D eigenvalue weighted by molar-refractivity contribution is 5.75. The van der Waals surface area contributed by atoms with E-state index in [2.05, 4.69) is 5.32 Å². The lowest BCUT2D eigenvalue weighted by molar-refractivity contribution is 0.338. The van der Waals surface area contributed by atoms with Crippen LogP contribution in [0.4, 0.5) is 5.82 Å². The molecule has 1 aromatic heterocycles. The van der Waals surface area contributed by atoms with Crippen LogP contribution in [0, 0.1) is 0 Å². The summed E-state index contributed by atoms with van der Waals surface area (Å²) in [5.41, 5.74) is 4.08. The number of anilines is 1. The molecule has 0 aliphatic carbocycles. The maximum Gasteiger partial charge on any atom is 0.161 e. The van der Waals surface area contributed by atoms with Gasteiger partial charge in [0, 0.05) is 17.7 Å². The first-order valence-corrected chi connectivity index (χ1v) is 9.07. The Hall–Kier alpha value is -3.15. The second-order valence-corrected chi connectivity index (χ2v) is 6.23. The zero-order valence-corrected chi connectivity index (χ0v) is 15.8. The molecule has 0 fully saturated rings. The van der Waals surface area contributed by atoms with Crippen LogP contribution < -0.4 is 19.5 Å². The fourth-order valence-electron chi connectivity index (χ4n) is 3.47. The molecule has 0 saturated heterocycles. The molecule has 0 atom stereocenters. The van der Waals surface area contributed by atoms with Gasteiger partial charge < -0.3 is 19.5 Å². The van der Waals surface area contributed by atoms with Crippen molar-refractivity contribution in [2.75, 3.05) is 32.7 Å². The van der Waals surface area contributed by atoms with E-state index in [1.807, 2.05) is 54.1 Å². The third-order valence-corrected chi connectivity index (χ3v) is 4.70. The van der Waals surface area contributed by atoms with E-state index in [-0.39, 0.29) is 0 Å². The number of para-hydroxylation sites is 2. The molecule has 140 valence electrons. The Bertz CT molecular complexity index is 965. The summed E-state index contributed by atoms with van der Waals surface area (Å²) in [4.78, 5) is 0. The molecule has 4 rings (SSSR count). The lowest BCUT2D eigenvalue weighted by Crippen LogP contribution is -2.06. The molecule has 3 aromatic rings. The largest absolute Gasteiger partial charge is 0.493 e. The summed E-state index contributed by atoms with van der Waals surface area (Å²) >= 11 is 0. The van der Waals surface area contributed by atoms with E-state index >= 15 is 0 Å². The summed E-state index contributed by atoms with van der Waals surface area (Å²) in [6, 6.07) is 13.9. The number of rotatable bonds is 6. The first-order chi connectivity index (χ1) is 13.3. The number of methoxy groups -OCH3 is 2. The van der Waals surface area contributed by atoms with E-state index in [0.29, 0.717) is 18.1 Å². The average Bonchev–Trinajstić information content (AvgIpc) is 3.31. The fraction of sp³-hybridized carbons (Fsp3) is 0.286. The van der Waals surface area contributed by atoms with Crippen LogP contribution in [0.1, 0.15) is 12.5 Å². The van der Waals surface area contributed by atoms with Gasteiger partial charge in [-0.25, -0.2) is 4.68 Å². The van der Waals surface area contributed by atoms with Crippen LogP contribution >= 0.6 is 0 Å². The van der Waals surface area contributed by atoms with Crippen molar-refractivity contribution in [1.82, 2.24) is 9.78 Å². The van der Waals surface area contributed by atoms with Crippen LogP contribution in [-0.2, 0) is 6.42 Å². The maximum atomic E-state index is 5.81. The first-order valence-electron chi connectivity index (χ1n) is 9.07. The van der Waals surface area contributed by atoms with Gasteiger partial charge in [-0.15, -0.1) is 0 Å². The molecule has 0 bridgehead atoms. The molecule has 1 aliphatic heterocycles. The standard InChI is InChI=1S/C21H23N3O3/c1-4-27-17-8-6-5-7-16(17)24-21-15(11-12-22-21)20(23-24)14-9-10-18(25-2)19(13-14)26-3/h5-10,13,22H,4,11-12H2,1-3H3. The van der Waals surface area contributed by atoms with Gasteiger partial charge in [-0.2, -0.15) is 5.10 Å². The third kappa shape index (κ3) is 2.97. The van der Waals surface area contributed by atoms with Crippen LogP contribution in [0.3, 0.4) is 0 Å². The fourth-order valence-corrected chi connectivity index (χ4v) is 3.47. The minimum Gasteiger partial charge on any atom is -0.493 e. The van der Waals surface area contributed by atoms with Crippen molar-refractivity contribution in [2.45, 2.75) is 13.3 Å². The molecule has 2 aromatic carbocycles. The van der Waals surface area contributed by atoms with E-state index in [0.717, 1.165) is 41.5 Å². The Kier molecular flexibility index (Phi) is 4.62. The number of ether oxygens (including phenoxy) is 3. The Morgan fingerprint density at radius 1 is 1.04 bits per heavy atom. The van der Waals surface area contributed by atoms with Crippen molar-refractivity contribution in [3.8, 4) is 34.2 Å². The molecule has 2 heterocycles. The van der Waals surface area contributed by atoms with Crippen LogP contribution in [0.5, 0.6) is 17.2 Å². The molecular weight excluding hydrogens is 342 g/mol. The van der Waals surface area contributed by atoms with Gasteiger partial charge in [-0.3, -0.25) is 0 Å². The summed E-state index contributed by atoms with van der Waals surface area (Å²) < 4.78 is 18.6. The van der Waals surface area contributed by atoms with Crippen molar-refractivity contribution in [2.24, 2.45) is 0 Å². The Morgan fingerprint density at radius 2 is 1.85 bits per heavy atom. The molecule has 1 aliphatic rings. The topological polar surface area (TPSA) is 57.5 Å². The van der Waals surface area contributed by atoms with E-state index < -0.39 is 0 Å². The molecule has 27 heavy (non-hydrogen) atoms. The van der Waals surface area contributed by atoms with Crippen LogP contribution in [0.15, 0.2) is 42.5 Å². The highest BCUT2D eigenvalue weighted by Crippen LogP contribution is 2.39. The monoisotopic (exact) mass is 365 g/mol. The number of fused-ring (bicyclic) bond motifs is 1. The SMILES string of the molecule is CCOc1ccccc1-n1nc(-c2ccc(OC)c(OC)c2)c2c1NCC2. The summed E-state index contributed by atoms with van der Waals surface area (Å²) in [6.45, 7) is 3.48. The van der Waals surface area contributed by atoms with E-state index in [4.69, 9.17) is 19.3 Å². The molecule has 0 saturated carbocycles.